The molecule has 0 saturated carbocycles. The van der Waals surface area contributed by atoms with Crippen molar-refractivity contribution in [2.75, 3.05) is 18.9 Å². The van der Waals surface area contributed by atoms with Crippen LogP contribution in [0.25, 0.3) is 11.1 Å². The summed E-state index contributed by atoms with van der Waals surface area (Å²) in [6.07, 6.45) is 5.86. The van der Waals surface area contributed by atoms with E-state index < -0.39 is 0 Å². The first-order valence-corrected chi connectivity index (χ1v) is 9.09. The molecule has 0 spiro atoms. The lowest BCUT2D eigenvalue weighted by molar-refractivity contribution is 0.195. The molecule has 0 bridgehead atoms. The van der Waals surface area contributed by atoms with Crippen LogP contribution in [0.15, 0.2) is 55.0 Å². The molecule has 7 nitrogen and oxygen atoms in total. The maximum atomic E-state index is 9.30. The number of hydrogen-bond acceptors (Lipinski definition) is 7. The van der Waals surface area contributed by atoms with Gasteiger partial charge in [0.25, 0.3) is 0 Å². The van der Waals surface area contributed by atoms with Crippen molar-refractivity contribution in [1.29, 1.82) is 5.26 Å². The Kier molecular flexibility index (Phi) is 6.50. The molecule has 2 N–H and O–H groups in total. The average Bonchev–Trinajstić information content (AvgIpc) is 2.75. The molecular weight excluding hydrogens is 352 g/mol. The molecular formula is C21H22N6O. The molecule has 28 heavy (non-hydrogen) atoms. The van der Waals surface area contributed by atoms with Crippen molar-refractivity contribution in [2.24, 2.45) is 0 Å². The Morgan fingerprint density at radius 1 is 1.07 bits per heavy atom. The third kappa shape index (κ3) is 4.81. The van der Waals surface area contributed by atoms with Crippen LogP contribution in [0.3, 0.4) is 0 Å². The minimum absolute atomic E-state index is 0.0458. The SMILES string of the molecule is CCC(CNC)Oc1cc(Nc2ncc(-c3ccccc3)cn2)cnc1C#N. The maximum absolute atomic E-state index is 9.30. The van der Waals surface area contributed by atoms with E-state index in [9.17, 15) is 5.26 Å². The van der Waals surface area contributed by atoms with Gasteiger partial charge >= 0.3 is 0 Å². The number of benzene rings is 1. The monoisotopic (exact) mass is 374 g/mol. The van der Waals surface area contributed by atoms with E-state index in [-0.39, 0.29) is 11.8 Å². The number of likely N-dealkylation sites (N-methyl/N-ethyl adjacent to an activating group) is 1. The van der Waals surface area contributed by atoms with Crippen molar-refractivity contribution in [2.45, 2.75) is 19.4 Å². The minimum Gasteiger partial charge on any atom is -0.486 e. The predicted molar refractivity (Wildman–Crippen MR) is 108 cm³/mol. The van der Waals surface area contributed by atoms with Gasteiger partial charge in [-0.3, -0.25) is 0 Å². The topological polar surface area (TPSA) is 95.8 Å². The zero-order valence-corrected chi connectivity index (χ0v) is 15.9. The van der Waals surface area contributed by atoms with E-state index in [1.807, 2.05) is 44.3 Å². The average molecular weight is 374 g/mol. The van der Waals surface area contributed by atoms with Gasteiger partial charge in [0.15, 0.2) is 11.4 Å². The number of nitrogens with one attached hydrogen (secondary N) is 2. The van der Waals surface area contributed by atoms with Gasteiger partial charge in [0.05, 0.1) is 11.9 Å². The molecule has 2 heterocycles. The van der Waals surface area contributed by atoms with Crippen LogP contribution >= 0.6 is 0 Å². The summed E-state index contributed by atoms with van der Waals surface area (Å²) in [4.78, 5) is 12.9. The highest BCUT2D eigenvalue weighted by Crippen LogP contribution is 2.24. The molecule has 0 fully saturated rings. The van der Waals surface area contributed by atoms with Crippen LogP contribution in [-0.4, -0.2) is 34.6 Å². The summed E-state index contributed by atoms with van der Waals surface area (Å²) in [5.74, 6) is 0.884. The first-order chi connectivity index (χ1) is 13.7. The number of aromatic nitrogens is 3. The van der Waals surface area contributed by atoms with Crippen LogP contribution < -0.4 is 15.4 Å². The summed E-state index contributed by atoms with van der Waals surface area (Å²) in [7, 11) is 1.86. The van der Waals surface area contributed by atoms with Crippen molar-refractivity contribution < 1.29 is 4.74 Å². The molecule has 3 aromatic rings. The lowest BCUT2D eigenvalue weighted by Crippen LogP contribution is -2.28. The van der Waals surface area contributed by atoms with Gasteiger partial charge in [-0.15, -0.1) is 0 Å². The molecule has 142 valence electrons. The third-order valence-corrected chi connectivity index (χ3v) is 4.15. The Morgan fingerprint density at radius 3 is 2.46 bits per heavy atom. The summed E-state index contributed by atoms with van der Waals surface area (Å²) in [6, 6.07) is 13.8. The van der Waals surface area contributed by atoms with Crippen molar-refractivity contribution in [3.8, 4) is 22.9 Å². The first kappa shape index (κ1) is 19.3. The number of nitrogens with zero attached hydrogens (tertiary/aromatic N) is 4. The van der Waals surface area contributed by atoms with Gasteiger partial charge in [-0.2, -0.15) is 5.26 Å². The van der Waals surface area contributed by atoms with Crippen LogP contribution in [0.1, 0.15) is 19.0 Å². The Labute approximate surface area is 164 Å². The van der Waals surface area contributed by atoms with E-state index in [4.69, 9.17) is 4.74 Å². The second-order valence-corrected chi connectivity index (χ2v) is 6.17. The second kappa shape index (κ2) is 9.44. The van der Waals surface area contributed by atoms with Crippen LogP contribution in [0, 0.1) is 11.3 Å². The molecule has 7 heteroatoms. The van der Waals surface area contributed by atoms with E-state index in [0.717, 1.165) is 17.5 Å². The smallest absolute Gasteiger partial charge is 0.227 e. The number of hydrogen-bond donors (Lipinski definition) is 2. The molecule has 0 aliphatic rings. The van der Waals surface area contributed by atoms with Crippen molar-refractivity contribution in [3.05, 3.63) is 60.7 Å². The van der Waals surface area contributed by atoms with Gasteiger partial charge in [0.2, 0.25) is 5.95 Å². The second-order valence-electron chi connectivity index (χ2n) is 6.17. The number of nitriles is 1. The highest BCUT2D eigenvalue weighted by molar-refractivity contribution is 5.63. The zero-order chi connectivity index (χ0) is 19.8. The fourth-order valence-electron chi connectivity index (χ4n) is 2.66. The van der Waals surface area contributed by atoms with Crippen LogP contribution in [0.4, 0.5) is 11.6 Å². The number of rotatable bonds is 8. The fourth-order valence-corrected chi connectivity index (χ4v) is 2.66. The lowest BCUT2D eigenvalue weighted by atomic mass is 10.1. The van der Waals surface area contributed by atoms with Crippen LogP contribution in [-0.2, 0) is 0 Å². The molecule has 0 aliphatic carbocycles. The minimum atomic E-state index is -0.0458. The Morgan fingerprint density at radius 2 is 1.82 bits per heavy atom. The van der Waals surface area contributed by atoms with Gasteiger partial charge in [0.1, 0.15) is 12.2 Å². The van der Waals surface area contributed by atoms with Crippen molar-refractivity contribution in [1.82, 2.24) is 20.3 Å². The molecule has 0 radical (unpaired) electrons. The molecule has 1 aromatic carbocycles. The van der Waals surface area contributed by atoms with E-state index in [1.165, 1.54) is 0 Å². The van der Waals surface area contributed by atoms with Gasteiger partial charge in [-0.25, -0.2) is 15.0 Å². The van der Waals surface area contributed by atoms with Crippen molar-refractivity contribution in [3.63, 3.8) is 0 Å². The Balaban J connectivity index is 1.77. The molecule has 2 aromatic heterocycles. The number of pyridine rings is 1. The largest absolute Gasteiger partial charge is 0.486 e. The van der Waals surface area contributed by atoms with Crippen molar-refractivity contribution >= 4 is 11.6 Å². The molecule has 0 amide bonds. The highest BCUT2D eigenvalue weighted by Gasteiger charge is 2.13. The third-order valence-electron chi connectivity index (χ3n) is 4.15. The molecule has 0 aliphatic heterocycles. The van der Waals surface area contributed by atoms with E-state index in [2.05, 4.69) is 31.7 Å². The van der Waals surface area contributed by atoms with Gasteiger partial charge in [-0.1, -0.05) is 37.3 Å². The predicted octanol–water partition coefficient (Wildman–Crippen LogP) is 3.53. The van der Waals surface area contributed by atoms with E-state index in [1.54, 1.807) is 24.7 Å². The summed E-state index contributed by atoms with van der Waals surface area (Å²) in [5.41, 5.74) is 2.90. The van der Waals surface area contributed by atoms with E-state index >= 15 is 0 Å². The quantitative estimate of drug-likeness (QED) is 0.622. The van der Waals surface area contributed by atoms with Gasteiger partial charge in [-0.05, 0) is 19.0 Å². The Bertz CT molecular complexity index is 937. The van der Waals surface area contributed by atoms with Crippen LogP contribution in [0.5, 0.6) is 5.75 Å². The van der Waals surface area contributed by atoms with Gasteiger partial charge in [0, 0.05) is 30.6 Å². The molecule has 1 atom stereocenters. The standard InChI is InChI=1S/C21H22N6O/c1-3-18(14-23-2)28-20-9-17(13-24-19(20)10-22)27-21-25-11-16(12-26-21)15-7-5-4-6-8-15/h4-9,11-13,18,23H,3,14H2,1-2H3,(H,25,26,27). The number of anilines is 2. The van der Waals surface area contributed by atoms with Crippen LogP contribution in [0.2, 0.25) is 0 Å². The first-order valence-electron chi connectivity index (χ1n) is 9.09. The zero-order valence-electron chi connectivity index (χ0n) is 15.9. The lowest BCUT2D eigenvalue weighted by Gasteiger charge is -2.18. The molecule has 3 rings (SSSR count). The normalized spacial score (nSPS) is 11.5. The number of ether oxygens (including phenoxy) is 1. The molecule has 0 saturated heterocycles. The van der Waals surface area contributed by atoms with E-state index in [0.29, 0.717) is 23.9 Å². The summed E-state index contributed by atoms with van der Waals surface area (Å²) >= 11 is 0. The fraction of sp³-hybridized carbons (Fsp3) is 0.238. The summed E-state index contributed by atoms with van der Waals surface area (Å²) in [5, 5.41) is 15.5. The maximum Gasteiger partial charge on any atom is 0.227 e. The molecule has 1 unspecified atom stereocenters. The Hall–Kier alpha value is -3.50. The van der Waals surface area contributed by atoms with Gasteiger partial charge < -0.3 is 15.4 Å². The summed E-state index contributed by atoms with van der Waals surface area (Å²) in [6.45, 7) is 2.72. The highest BCUT2D eigenvalue weighted by atomic mass is 16.5. The summed E-state index contributed by atoms with van der Waals surface area (Å²) < 4.78 is 5.95.